The van der Waals surface area contributed by atoms with Gasteiger partial charge in [-0.2, -0.15) is 0 Å². The SMILES string of the molecule is CCCCCCCS(=O)(=O)c1ccc2c(n1)CCN2C(=O)c1ccccc1NS(C)(=O)=O. The molecular weight excluding hydrogens is 450 g/mol. The Balaban J connectivity index is 1.78. The topological polar surface area (TPSA) is 114 Å². The van der Waals surface area contributed by atoms with Gasteiger partial charge in [0.1, 0.15) is 0 Å². The number of carbonyl (C=O) groups excluding carboxylic acids is 1. The number of anilines is 2. The average molecular weight is 480 g/mol. The first kappa shape index (κ1) is 24.2. The molecule has 0 radical (unpaired) electrons. The van der Waals surface area contributed by atoms with Crippen LogP contribution in [-0.2, 0) is 26.3 Å². The van der Waals surface area contributed by atoms with Gasteiger partial charge in [0.25, 0.3) is 5.91 Å². The first-order valence-electron chi connectivity index (χ1n) is 10.7. The number of amides is 1. The molecule has 1 aliphatic rings. The molecule has 1 N–H and O–H groups in total. The minimum atomic E-state index is -3.55. The molecule has 2 heterocycles. The Morgan fingerprint density at radius 1 is 1.03 bits per heavy atom. The number of benzene rings is 1. The fourth-order valence-electron chi connectivity index (χ4n) is 3.73. The maximum absolute atomic E-state index is 13.2. The number of carbonyl (C=O) groups is 1. The van der Waals surface area contributed by atoms with Gasteiger partial charge in [-0.25, -0.2) is 21.8 Å². The van der Waals surface area contributed by atoms with Crippen LogP contribution in [0.4, 0.5) is 11.4 Å². The van der Waals surface area contributed by atoms with Crippen LogP contribution in [0.3, 0.4) is 0 Å². The molecule has 0 saturated carbocycles. The molecule has 1 aromatic heterocycles. The third kappa shape index (κ3) is 5.86. The molecule has 0 spiro atoms. The highest BCUT2D eigenvalue weighted by atomic mass is 32.2. The van der Waals surface area contributed by atoms with E-state index < -0.39 is 19.9 Å². The van der Waals surface area contributed by atoms with Crippen molar-refractivity contribution < 1.29 is 21.6 Å². The molecule has 32 heavy (non-hydrogen) atoms. The van der Waals surface area contributed by atoms with E-state index in [0.717, 1.165) is 31.9 Å². The van der Waals surface area contributed by atoms with Gasteiger partial charge in [0.2, 0.25) is 10.0 Å². The molecule has 0 aliphatic carbocycles. The summed E-state index contributed by atoms with van der Waals surface area (Å²) >= 11 is 0. The van der Waals surface area contributed by atoms with E-state index in [1.807, 2.05) is 0 Å². The fourth-order valence-corrected chi connectivity index (χ4v) is 5.63. The Morgan fingerprint density at radius 3 is 2.47 bits per heavy atom. The molecular formula is C22H29N3O5S2. The normalized spacial score (nSPS) is 13.8. The Bertz CT molecular complexity index is 1190. The van der Waals surface area contributed by atoms with Crippen molar-refractivity contribution in [1.82, 2.24) is 4.98 Å². The van der Waals surface area contributed by atoms with Crippen molar-refractivity contribution >= 4 is 37.1 Å². The summed E-state index contributed by atoms with van der Waals surface area (Å²) in [4.78, 5) is 19.0. The molecule has 2 aromatic rings. The van der Waals surface area contributed by atoms with E-state index in [1.54, 1.807) is 24.3 Å². The molecule has 0 bridgehead atoms. The fraction of sp³-hybridized carbons (Fsp3) is 0.455. The lowest BCUT2D eigenvalue weighted by molar-refractivity contribution is 0.0990. The Kier molecular flexibility index (Phi) is 7.55. The highest BCUT2D eigenvalue weighted by molar-refractivity contribution is 7.92. The molecule has 1 aliphatic heterocycles. The van der Waals surface area contributed by atoms with Crippen molar-refractivity contribution in [2.75, 3.05) is 28.2 Å². The molecule has 1 amide bonds. The van der Waals surface area contributed by atoms with Crippen LogP contribution in [0.15, 0.2) is 41.4 Å². The summed E-state index contributed by atoms with van der Waals surface area (Å²) in [6.07, 6.45) is 6.16. The van der Waals surface area contributed by atoms with Crippen LogP contribution in [0.5, 0.6) is 0 Å². The molecule has 0 unspecified atom stereocenters. The third-order valence-corrected chi connectivity index (χ3v) is 7.60. The Labute approximate surface area is 190 Å². The lowest BCUT2D eigenvalue weighted by Gasteiger charge is -2.19. The van der Waals surface area contributed by atoms with Gasteiger partial charge in [-0.05, 0) is 30.7 Å². The number of hydrogen-bond acceptors (Lipinski definition) is 6. The highest BCUT2D eigenvalue weighted by Gasteiger charge is 2.30. The number of hydrogen-bond donors (Lipinski definition) is 1. The van der Waals surface area contributed by atoms with Crippen LogP contribution in [0.2, 0.25) is 0 Å². The van der Waals surface area contributed by atoms with Crippen molar-refractivity contribution in [3.63, 3.8) is 0 Å². The second-order valence-electron chi connectivity index (χ2n) is 7.97. The van der Waals surface area contributed by atoms with Gasteiger partial charge in [-0.1, -0.05) is 44.7 Å². The van der Waals surface area contributed by atoms with Crippen LogP contribution in [0.25, 0.3) is 0 Å². The van der Waals surface area contributed by atoms with Crippen molar-refractivity contribution in [2.24, 2.45) is 0 Å². The molecule has 1 aromatic carbocycles. The minimum absolute atomic E-state index is 0.0418. The first-order chi connectivity index (χ1) is 15.1. The number of fused-ring (bicyclic) bond motifs is 1. The second-order valence-corrected chi connectivity index (χ2v) is 11.8. The van der Waals surface area contributed by atoms with Crippen molar-refractivity contribution in [3.05, 3.63) is 47.7 Å². The summed E-state index contributed by atoms with van der Waals surface area (Å²) < 4.78 is 51.0. The van der Waals surface area contributed by atoms with E-state index in [0.29, 0.717) is 30.8 Å². The van der Waals surface area contributed by atoms with Gasteiger partial charge in [0.05, 0.1) is 34.6 Å². The number of sulfone groups is 1. The molecule has 3 rings (SSSR count). The summed E-state index contributed by atoms with van der Waals surface area (Å²) in [5, 5.41) is 0.0418. The molecule has 10 heteroatoms. The summed E-state index contributed by atoms with van der Waals surface area (Å²) in [7, 11) is -7.03. The second kappa shape index (κ2) is 9.99. The number of para-hydroxylation sites is 1. The van der Waals surface area contributed by atoms with Gasteiger partial charge in [-0.3, -0.25) is 9.52 Å². The highest BCUT2D eigenvalue weighted by Crippen LogP contribution is 2.31. The summed E-state index contributed by atoms with van der Waals surface area (Å²) in [6, 6.07) is 9.45. The molecule has 0 fully saturated rings. The van der Waals surface area contributed by atoms with Gasteiger partial charge in [0.15, 0.2) is 14.9 Å². The van der Waals surface area contributed by atoms with Crippen molar-refractivity contribution in [3.8, 4) is 0 Å². The van der Waals surface area contributed by atoms with Gasteiger partial charge >= 0.3 is 0 Å². The standard InChI is InChI=1S/C22H29N3O5S2/c1-3-4-5-6-9-16-32(29,30)21-13-12-20-19(23-21)14-15-25(20)22(26)17-10-7-8-11-18(17)24-31(2,27)28/h7-8,10-13,24H,3-6,9,14-16H2,1-2H3. The van der Waals surface area contributed by atoms with E-state index in [9.17, 15) is 21.6 Å². The van der Waals surface area contributed by atoms with Crippen molar-refractivity contribution in [1.29, 1.82) is 0 Å². The average Bonchev–Trinajstić information content (AvgIpc) is 3.15. The Morgan fingerprint density at radius 2 is 1.75 bits per heavy atom. The summed E-state index contributed by atoms with van der Waals surface area (Å²) in [5.74, 6) is -0.306. The van der Waals surface area contributed by atoms with Crippen LogP contribution in [0.1, 0.15) is 55.1 Å². The molecule has 174 valence electrons. The van der Waals surface area contributed by atoms with Crippen molar-refractivity contribution in [2.45, 2.75) is 50.5 Å². The number of rotatable bonds is 10. The van der Waals surface area contributed by atoms with E-state index in [2.05, 4.69) is 16.6 Å². The number of nitrogens with zero attached hydrogens (tertiary/aromatic N) is 2. The summed E-state index contributed by atoms with van der Waals surface area (Å²) in [5.41, 5.74) is 1.52. The summed E-state index contributed by atoms with van der Waals surface area (Å²) in [6.45, 7) is 2.45. The van der Waals surface area contributed by atoms with Crippen LogP contribution in [-0.4, -0.2) is 46.3 Å². The predicted molar refractivity (Wildman–Crippen MR) is 125 cm³/mol. The zero-order valence-corrected chi connectivity index (χ0v) is 20.0. The maximum Gasteiger partial charge on any atom is 0.260 e. The quantitative estimate of drug-likeness (QED) is 0.523. The van der Waals surface area contributed by atoms with Gasteiger partial charge in [0, 0.05) is 13.0 Å². The third-order valence-electron chi connectivity index (χ3n) is 5.32. The number of sulfonamides is 1. The van der Waals surface area contributed by atoms with Crippen LogP contribution < -0.4 is 9.62 Å². The van der Waals surface area contributed by atoms with Gasteiger partial charge < -0.3 is 4.90 Å². The smallest absolute Gasteiger partial charge is 0.260 e. The molecule has 8 nitrogen and oxygen atoms in total. The number of pyridine rings is 1. The van der Waals surface area contributed by atoms with E-state index in [-0.39, 0.29) is 27.9 Å². The first-order valence-corrected chi connectivity index (χ1v) is 14.3. The van der Waals surface area contributed by atoms with E-state index >= 15 is 0 Å². The maximum atomic E-state index is 13.2. The van der Waals surface area contributed by atoms with E-state index in [1.165, 1.54) is 17.0 Å². The lowest BCUT2D eigenvalue weighted by Crippen LogP contribution is -2.30. The molecule has 0 atom stereocenters. The zero-order valence-electron chi connectivity index (χ0n) is 18.4. The van der Waals surface area contributed by atoms with Crippen LogP contribution in [0, 0.1) is 0 Å². The number of unbranched alkanes of at least 4 members (excludes halogenated alkanes) is 4. The largest absolute Gasteiger partial charge is 0.306 e. The monoisotopic (exact) mass is 479 g/mol. The van der Waals surface area contributed by atoms with Crippen LogP contribution >= 0.6 is 0 Å². The van der Waals surface area contributed by atoms with E-state index in [4.69, 9.17) is 0 Å². The number of nitrogens with one attached hydrogen (secondary N) is 1. The van der Waals surface area contributed by atoms with Gasteiger partial charge in [-0.15, -0.1) is 0 Å². The zero-order chi connectivity index (χ0) is 23.4. The number of aromatic nitrogens is 1. The minimum Gasteiger partial charge on any atom is -0.306 e. The lowest BCUT2D eigenvalue weighted by atomic mass is 10.1. The molecule has 0 saturated heterocycles. The Hall–Kier alpha value is -2.46. The predicted octanol–water partition coefficient (Wildman–Crippen LogP) is 3.40.